The number of piperidine rings is 1. The van der Waals surface area contributed by atoms with Crippen molar-refractivity contribution in [2.24, 2.45) is 0 Å². The van der Waals surface area contributed by atoms with Crippen LogP contribution in [0.4, 0.5) is 5.69 Å². The molecule has 1 saturated heterocycles. The summed E-state index contributed by atoms with van der Waals surface area (Å²) >= 11 is 0. The Balaban J connectivity index is 1.34. The highest BCUT2D eigenvalue weighted by atomic mass is 16.2. The van der Waals surface area contributed by atoms with E-state index in [1.54, 1.807) is 42.4 Å². The monoisotopic (exact) mass is 392 g/mol. The third-order valence-corrected chi connectivity index (χ3v) is 5.66. The fourth-order valence-corrected chi connectivity index (χ4v) is 4.04. The van der Waals surface area contributed by atoms with Crippen molar-refractivity contribution >= 4 is 23.4 Å². The Kier molecular flexibility index (Phi) is 5.29. The molecule has 0 spiro atoms. The molecule has 0 aliphatic carbocycles. The molecule has 0 atom stereocenters. The molecule has 1 aromatic carbocycles. The average molecular weight is 392 g/mol. The number of benzene rings is 1. The lowest BCUT2D eigenvalue weighted by Crippen LogP contribution is -2.46. The van der Waals surface area contributed by atoms with E-state index >= 15 is 0 Å². The van der Waals surface area contributed by atoms with Crippen LogP contribution in [-0.2, 0) is 11.2 Å². The van der Waals surface area contributed by atoms with Crippen molar-refractivity contribution in [2.45, 2.75) is 32.2 Å². The minimum atomic E-state index is -0.104. The van der Waals surface area contributed by atoms with E-state index in [0.29, 0.717) is 30.8 Å². The van der Waals surface area contributed by atoms with Crippen LogP contribution < -0.4 is 10.2 Å². The highest BCUT2D eigenvalue weighted by Gasteiger charge is 2.26. The lowest BCUT2D eigenvalue weighted by molar-refractivity contribution is -0.116. The van der Waals surface area contributed by atoms with E-state index in [2.05, 4.69) is 10.3 Å². The average Bonchev–Trinajstić information content (AvgIpc) is 3.18. The summed E-state index contributed by atoms with van der Waals surface area (Å²) in [7, 11) is 0. The molecule has 0 bridgehead atoms. The minimum absolute atomic E-state index is 0.00539. The molecular formula is C22H24N4O3. The number of pyridine rings is 1. The molecule has 3 amide bonds. The first kappa shape index (κ1) is 19.1. The molecule has 7 heteroatoms. The Morgan fingerprint density at radius 2 is 1.72 bits per heavy atom. The number of fused-ring (bicyclic) bond motifs is 1. The molecule has 0 unspecified atom stereocenters. The van der Waals surface area contributed by atoms with E-state index in [4.69, 9.17) is 0 Å². The van der Waals surface area contributed by atoms with Crippen LogP contribution in [0, 0.1) is 0 Å². The smallest absolute Gasteiger partial charge is 0.253 e. The van der Waals surface area contributed by atoms with Gasteiger partial charge in [-0.25, -0.2) is 0 Å². The van der Waals surface area contributed by atoms with E-state index in [1.807, 2.05) is 17.0 Å². The fraction of sp³-hybridized carbons (Fsp3) is 0.364. The molecule has 2 aliphatic rings. The summed E-state index contributed by atoms with van der Waals surface area (Å²) in [5.74, 6) is -0.0761. The van der Waals surface area contributed by atoms with Crippen LogP contribution in [0.1, 0.15) is 46.0 Å². The number of nitrogens with one attached hydrogen (secondary N) is 1. The van der Waals surface area contributed by atoms with Gasteiger partial charge in [0.15, 0.2) is 0 Å². The van der Waals surface area contributed by atoms with Gasteiger partial charge in [-0.3, -0.25) is 19.4 Å². The van der Waals surface area contributed by atoms with E-state index in [-0.39, 0.29) is 23.8 Å². The Bertz CT molecular complexity index is 936. The van der Waals surface area contributed by atoms with Gasteiger partial charge in [0.1, 0.15) is 0 Å². The maximum atomic E-state index is 12.7. The lowest BCUT2D eigenvalue weighted by Gasteiger charge is -2.32. The molecular weight excluding hydrogens is 368 g/mol. The molecule has 7 nitrogen and oxygen atoms in total. The van der Waals surface area contributed by atoms with Crippen molar-refractivity contribution in [1.29, 1.82) is 0 Å². The first-order valence-corrected chi connectivity index (χ1v) is 9.94. The summed E-state index contributed by atoms with van der Waals surface area (Å²) in [5, 5.41) is 3.09. The van der Waals surface area contributed by atoms with Crippen molar-refractivity contribution in [3.05, 3.63) is 59.4 Å². The summed E-state index contributed by atoms with van der Waals surface area (Å²) in [6, 6.07) is 9.00. The molecule has 0 radical (unpaired) electrons. The number of hydrogen-bond donors (Lipinski definition) is 1. The number of aromatic nitrogens is 1. The van der Waals surface area contributed by atoms with Crippen LogP contribution >= 0.6 is 0 Å². The molecule has 1 aromatic heterocycles. The lowest BCUT2D eigenvalue weighted by atomic mass is 10.0. The van der Waals surface area contributed by atoms with Crippen molar-refractivity contribution in [3.8, 4) is 0 Å². The Morgan fingerprint density at radius 3 is 2.41 bits per heavy atom. The SMILES string of the molecule is CC(=O)N1CCc2cc(C(=O)NC3CCN(C(=O)c4ccncc4)CC3)ccc21. The number of carbonyl (C=O) groups is 3. The summed E-state index contributed by atoms with van der Waals surface area (Å²) in [5.41, 5.74) is 3.19. The second-order valence-corrected chi connectivity index (χ2v) is 7.54. The number of rotatable bonds is 3. The zero-order chi connectivity index (χ0) is 20.4. The molecule has 1 fully saturated rings. The molecule has 3 heterocycles. The molecule has 29 heavy (non-hydrogen) atoms. The van der Waals surface area contributed by atoms with Crippen LogP contribution in [0.25, 0.3) is 0 Å². The summed E-state index contributed by atoms with van der Waals surface area (Å²) < 4.78 is 0. The van der Waals surface area contributed by atoms with Crippen LogP contribution in [0.15, 0.2) is 42.7 Å². The number of amides is 3. The van der Waals surface area contributed by atoms with E-state index in [1.165, 1.54) is 0 Å². The summed E-state index contributed by atoms with van der Waals surface area (Å²) in [6.07, 6.45) is 5.46. The summed E-state index contributed by atoms with van der Waals surface area (Å²) in [6.45, 7) is 3.45. The number of nitrogens with zero attached hydrogens (tertiary/aromatic N) is 3. The van der Waals surface area contributed by atoms with Gasteiger partial charge in [0.05, 0.1) is 0 Å². The maximum absolute atomic E-state index is 12.7. The van der Waals surface area contributed by atoms with Crippen molar-refractivity contribution in [1.82, 2.24) is 15.2 Å². The highest BCUT2D eigenvalue weighted by Crippen LogP contribution is 2.29. The minimum Gasteiger partial charge on any atom is -0.349 e. The number of carbonyl (C=O) groups excluding carboxylic acids is 3. The van der Waals surface area contributed by atoms with Gasteiger partial charge >= 0.3 is 0 Å². The van der Waals surface area contributed by atoms with Crippen LogP contribution in [0.2, 0.25) is 0 Å². The predicted octanol–water partition coefficient (Wildman–Crippen LogP) is 2.03. The van der Waals surface area contributed by atoms with Gasteiger partial charge in [-0.05, 0) is 55.2 Å². The van der Waals surface area contributed by atoms with E-state index < -0.39 is 0 Å². The molecule has 0 saturated carbocycles. The predicted molar refractivity (Wildman–Crippen MR) is 109 cm³/mol. The van der Waals surface area contributed by atoms with Crippen LogP contribution in [-0.4, -0.2) is 53.3 Å². The van der Waals surface area contributed by atoms with Crippen LogP contribution in [0.5, 0.6) is 0 Å². The van der Waals surface area contributed by atoms with Gasteiger partial charge in [0.2, 0.25) is 5.91 Å². The van der Waals surface area contributed by atoms with Gasteiger partial charge in [0.25, 0.3) is 11.8 Å². The molecule has 4 rings (SSSR count). The van der Waals surface area contributed by atoms with Gasteiger partial charge in [-0.1, -0.05) is 0 Å². The first-order chi connectivity index (χ1) is 14.0. The van der Waals surface area contributed by atoms with E-state index in [9.17, 15) is 14.4 Å². The standard InChI is InChI=1S/C22H24N4O3/c1-15(27)26-13-6-17-14-18(2-3-20(17)26)21(28)24-19-7-11-25(12-8-19)22(29)16-4-9-23-10-5-16/h2-5,9-10,14,19H,6-8,11-13H2,1H3,(H,24,28). The third kappa shape index (κ3) is 3.99. The van der Waals surface area contributed by atoms with Gasteiger partial charge in [-0.15, -0.1) is 0 Å². The largest absolute Gasteiger partial charge is 0.349 e. The molecule has 2 aromatic rings. The topological polar surface area (TPSA) is 82.6 Å². The molecule has 2 aliphatic heterocycles. The Morgan fingerprint density at radius 1 is 1.00 bits per heavy atom. The first-order valence-electron chi connectivity index (χ1n) is 9.94. The Hall–Kier alpha value is -3.22. The zero-order valence-electron chi connectivity index (χ0n) is 16.4. The Labute approximate surface area is 169 Å². The third-order valence-electron chi connectivity index (χ3n) is 5.66. The maximum Gasteiger partial charge on any atom is 0.253 e. The normalized spacial score (nSPS) is 16.4. The number of anilines is 1. The fourth-order valence-electron chi connectivity index (χ4n) is 4.04. The highest BCUT2D eigenvalue weighted by molar-refractivity contribution is 5.98. The quantitative estimate of drug-likeness (QED) is 0.866. The molecule has 1 N–H and O–H groups in total. The van der Waals surface area contributed by atoms with Gasteiger partial charge in [0, 0.05) is 61.8 Å². The second kappa shape index (κ2) is 8.03. The molecule has 150 valence electrons. The van der Waals surface area contributed by atoms with Crippen molar-refractivity contribution < 1.29 is 14.4 Å². The number of hydrogen-bond acceptors (Lipinski definition) is 4. The van der Waals surface area contributed by atoms with Crippen molar-refractivity contribution in [3.63, 3.8) is 0 Å². The zero-order valence-corrected chi connectivity index (χ0v) is 16.4. The van der Waals surface area contributed by atoms with Gasteiger partial charge in [-0.2, -0.15) is 0 Å². The van der Waals surface area contributed by atoms with Gasteiger partial charge < -0.3 is 15.1 Å². The van der Waals surface area contributed by atoms with Crippen LogP contribution in [0.3, 0.4) is 0 Å². The van der Waals surface area contributed by atoms with E-state index in [0.717, 1.165) is 30.5 Å². The second-order valence-electron chi connectivity index (χ2n) is 7.54. The number of likely N-dealkylation sites (tertiary alicyclic amines) is 1. The van der Waals surface area contributed by atoms with Crippen molar-refractivity contribution in [2.75, 3.05) is 24.5 Å². The summed E-state index contributed by atoms with van der Waals surface area (Å²) in [4.78, 5) is 44.4.